The van der Waals surface area contributed by atoms with Gasteiger partial charge in [-0.05, 0) is 51.8 Å². The van der Waals surface area contributed by atoms with Crippen molar-refractivity contribution in [1.29, 1.82) is 0 Å². The summed E-state index contributed by atoms with van der Waals surface area (Å²) in [4.78, 5) is 2.49. The maximum absolute atomic E-state index is 5.92. The van der Waals surface area contributed by atoms with Crippen LogP contribution in [-0.4, -0.2) is 23.5 Å². The van der Waals surface area contributed by atoms with Gasteiger partial charge in [0, 0.05) is 18.6 Å². The Hall–Kier alpha value is -0.860. The number of hydrogen-bond acceptors (Lipinski definition) is 2. The Morgan fingerprint density at radius 2 is 1.89 bits per heavy atom. The van der Waals surface area contributed by atoms with Gasteiger partial charge in [0.25, 0.3) is 0 Å². The summed E-state index contributed by atoms with van der Waals surface area (Å²) in [5.41, 5.74) is 10.1. The van der Waals surface area contributed by atoms with Gasteiger partial charge in [0.15, 0.2) is 0 Å². The minimum atomic E-state index is 0.0617. The summed E-state index contributed by atoms with van der Waals surface area (Å²) in [5.74, 6) is 0. The fraction of sp³-hybridized carbons (Fsp3) is 0.625. The molecule has 2 N–H and O–H groups in total. The highest BCUT2D eigenvalue weighted by molar-refractivity contribution is 5.30. The average molecular weight is 248 g/mol. The van der Waals surface area contributed by atoms with Gasteiger partial charge in [0.2, 0.25) is 0 Å². The summed E-state index contributed by atoms with van der Waals surface area (Å²) in [6.07, 6.45) is 1.16. The van der Waals surface area contributed by atoms with Crippen molar-refractivity contribution < 1.29 is 0 Å². The van der Waals surface area contributed by atoms with Crippen LogP contribution in [0.25, 0.3) is 0 Å². The molecule has 0 bridgehead atoms. The number of benzene rings is 1. The van der Waals surface area contributed by atoms with Gasteiger partial charge in [-0.25, -0.2) is 0 Å². The SMILES string of the molecule is CCCN(Cc1cc(C)ccc1C)C(C)(C)CN. The third-order valence-electron chi connectivity index (χ3n) is 3.71. The van der Waals surface area contributed by atoms with E-state index in [1.54, 1.807) is 0 Å². The number of nitrogens with zero attached hydrogens (tertiary/aromatic N) is 1. The van der Waals surface area contributed by atoms with Crippen LogP contribution in [-0.2, 0) is 6.54 Å². The Morgan fingerprint density at radius 3 is 2.44 bits per heavy atom. The topological polar surface area (TPSA) is 29.3 Å². The number of aryl methyl sites for hydroxylation is 2. The van der Waals surface area contributed by atoms with Crippen LogP contribution in [0.4, 0.5) is 0 Å². The zero-order valence-corrected chi connectivity index (χ0v) is 12.6. The molecule has 0 aliphatic heterocycles. The Labute approximate surface area is 112 Å². The highest BCUT2D eigenvalue weighted by atomic mass is 15.2. The molecular weight excluding hydrogens is 220 g/mol. The average Bonchev–Trinajstić information content (AvgIpc) is 2.33. The lowest BCUT2D eigenvalue weighted by atomic mass is 9.99. The highest BCUT2D eigenvalue weighted by Gasteiger charge is 2.24. The minimum absolute atomic E-state index is 0.0617. The van der Waals surface area contributed by atoms with Gasteiger partial charge < -0.3 is 5.73 Å². The van der Waals surface area contributed by atoms with E-state index >= 15 is 0 Å². The van der Waals surface area contributed by atoms with E-state index in [-0.39, 0.29) is 5.54 Å². The molecule has 0 unspecified atom stereocenters. The Kier molecular flexibility index (Phi) is 5.36. The highest BCUT2D eigenvalue weighted by Crippen LogP contribution is 2.20. The van der Waals surface area contributed by atoms with Crippen molar-refractivity contribution in [3.8, 4) is 0 Å². The predicted octanol–water partition coefficient (Wildman–Crippen LogP) is 3.25. The molecule has 0 aliphatic carbocycles. The Bertz CT molecular complexity index is 383. The second-order valence-corrected chi connectivity index (χ2v) is 5.87. The third-order valence-corrected chi connectivity index (χ3v) is 3.71. The summed E-state index contributed by atoms with van der Waals surface area (Å²) < 4.78 is 0. The van der Waals surface area contributed by atoms with Gasteiger partial charge in [-0.2, -0.15) is 0 Å². The summed E-state index contributed by atoms with van der Waals surface area (Å²) in [6.45, 7) is 13.8. The van der Waals surface area contributed by atoms with Gasteiger partial charge in [0.05, 0.1) is 0 Å². The largest absolute Gasteiger partial charge is 0.329 e. The van der Waals surface area contributed by atoms with E-state index in [2.05, 4.69) is 57.7 Å². The van der Waals surface area contributed by atoms with Crippen molar-refractivity contribution in [2.75, 3.05) is 13.1 Å². The van der Waals surface area contributed by atoms with Gasteiger partial charge in [-0.1, -0.05) is 30.7 Å². The molecule has 102 valence electrons. The molecule has 0 amide bonds. The van der Waals surface area contributed by atoms with Crippen LogP contribution in [0.1, 0.15) is 43.9 Å². The van der Waals surface area contributed by atoms with Crippen molar-refractivity contribution in [2.45, 2.75) is 53.1 Å². The van der Waals surface area contributed by atoms with Gasteiger partial charge in [0.1, 0.15) is 0 Å². The number of hydrogen-bond donors (Lipinski definition) is 1. The van der Waals surface area contributed by atoms with E-state index in [9.17, 15) is 0 Å². The molecule has 2 heteroatoms. The summed E-state index contributed by atoms with van der Waals surface area (Å²) in [7, 11) is 0. The molecule has 0 spiro atoms. The first-order valence-corrected chi connectivity index (χ1v) is 6.92. The minimum Gasteiger partial charge on any atom is -0.329 e. The van der Waals surface area contributed by atoms with Crippen molar-refractivity contribution in [1.82, 2.24) is 4.90 Å². The van der Waals surface area contributed by atoms with Crippen LogP contribution >= 0.6 is 0 Å². The van der Waals surface area contributed by atoms with Gasteiger partial charge in [-0.15, -0.1) is 0 Å². The van der Waals surface area contributed by atoms with E-state index in [1.165, 1.54) is 16.7 Å². The molecular formula is C16H28N2. The van der Waals surface area contributed by atoms with E-state index in [0.717, 1.165) is 19.5 Å². The fourth-order valence-electron chi connectivity index (χ4n) is 2.17. The smallest absolute Gasteiger partial charge is 0.0278 e. The zero-order chi connectivity index (χ0) is 13.8. The Balaban J connectivity index is 2.93. The maximum atomic E-state index is 5.92. The van der Waals surface area contributed by atoms with Crippen molar-refractivity contribution in [2.24, 2.45) is 5.73 Å². The molecule has 18 heavy (non-hydrogen) atoms. The molecule has 0 saturated carbocycles. The monoisotopic (exact) mass is 248 g/mol. The quantitative estimate of drug-likeness (QED) is 0.837. The van der Waals surface area contributed by atoms with E-state index in [0.29, 0.717) is 6.54 Å². The van der Waals surface area contributed by atoms with Crippen LogP contribution in [0.15, 0.2) is 18.2 Å². The lowest BCUT2D eigenvalue weighted by Gasteiger charge is -2.38. The molecule has 0 heterocycles. The van der Waals surface area contributed by atoms with Crippen LogP contribution in [0.5, 0.6) is 0 Å². The summed E-state index contributed by atoms with van der Waals surface area (Å²) >= 11 is 0. The predicted molar refractivity (Wildman–Crippen MR) is 79.8 cm³/mol. The first-order valence-electron chi connectivity index (χ1n) is 6.92. The van der Waals surface area contributed by atoms with E-state index in [1.807, 2.05) is 0 Å². The molecule has 2 nitrogen and oxygen atoms in total. The van der Waals surface area contributed by atoms with Crippen LogP contribution in [0.2, 0.25) is 0 Å². The molecule has 0 fully saturated rings. The lowest BCUT2D eigenvalue weighted by molar-refractivity contribution is 0.118. The van der Waals surface area contributed by atoms with Crippen LogP contribution in [0.3, 0.4) is 0 Å². The second kappa shape index (κ2) is 6.35. The molecule has 0 aromatic heterocycles. The van der Waals surface area contributed by atoms with Crippen LogP contribution < -0.4 is 5.73 Å². The lowest BCUT2D eigenvalue weighted by Crippen LogP contribution is -2.49. The van der Waals surface area contributed by atoms with Gasteiger partial charge >= 0.3 is 0 Å². The molecule has 1 rings (SSSR count). The first-order chi connectivity index (χ1) is 8.40. The van der Waals surface area contributed by atoms with Crippen molar-refractivity contribution in [3.05, 3.63) is 34.9 Å². The normalized spacial score (nSPS) is 12.2. The first kappa shape index (κ1) is 15.2. The van der Waals surface area contributed by atoms with Crippen molar-refractivity contribution >= 4 is 0 Å². The number of nitrogens with two attached hydrogens (primary N) is 1. The standard InChI is InChI=1S/C16H28N2/c1-6-9-18(16(4,5)12-17)11-15-10-13(2)7-8-14(15)3/h7-8,10H,6,9,11-12,17H2,1-5H3. The zero-order valence-electron chi connectivity index (χ0n) is 12.6. The summed E-state index contributed by atoms with van der Waals surface area (Å²) in [5, 5.41) is 0. The van der Waals surface area contributed by atoms with Crippen LogP contribution in [0, 0.1) is 13.8 Å². The van der Waals surface area contributed by atoms with Gasteiger partial charge in [-0.3, -0.25) is 4.90 Å². The molecule has 1 aromatic rings. The molecule has 0 aliphatic rings. The van der Waals surface area contributed by atoms with Crippen molar-refractivity contribution in [3.63, 3.8) is 0 Å². The second-order valence-electron chi connectivity index (χ2n) is 5.87. The van der Waals surface area contributed by atoms with E-state index < -0.39 is 0 Å². The fourth-order valence-corrected chi connectivity index (χ4v) is 2.17. The maximum Gasteiger partial charge on any atom is 0.0278 e. The Morgan fingerprint density at radius 1 is 1.22 bits per heavy atom. The molecule has 0 saturated heterocycles. The summed E-state index contributed by atoms with van der Waals surface area (Å²) in [6, 6.07) is 6.69. The van der Waals surface area contributed by atoms with E-state index in [4.69, 9.17) is 5.73 Å². The molecule has 0 radical (unpaired) electrons. The molecule has 0 atom stereocenters. The third kappa shape index (κ3) is 3.82. The molecule has 1 aromatic carbocycles. The number of rotatable bonds is 6.